The summed E-state index contributed by atoms with van der Waals surface area (Å²) in [5.41, 5.74) is 5.32. The number of nitrogens with zero attached hydrogens (tertiary/aromatic N) is 2. The Hall–Kier alpha value is -1.27. The van der Waals surface area contributed by atoms with E-state index in [-0.39, 0.29) is 21.1 Å². The molecular formula is C13H9N2Pt-. The van der Waals surface area contributed by atoms with Crippen molar-refractivity contribution in [3.8, 4) is 11.3 Å². The number of pyridine rings is 1. The van der Waals surface area contributed by atoms with Crippen molar-refractivity contribution in [1.29, 1.82) is 0 Å². The predicted molar refractivity (Wildman–Crippen MR) is 60.1 cm³/mol. The van der Waals surface area contributed by atoms with Crippen LogP contribution in [0.5, 0.6) is 0 Å². The van der Waals surface area contributed by atoms with Crippen LogP contribution in [0.2, 0.25) is 0 Å². The monoisotopic (exact) mass is 388 g/mol. The topological polar surface area (TPSA) is 25.2 Å². The largest absolute Gasteiger partial charge is 0.304 e. The van der Waals surface area contributed by atoms with Gasteiger partial charge in [-0.1, -0.05) is 11.6 Å². The van der Waals surface area contributed by atoms with E-state index in [1.165, 1.54) is 0 Å². The maximum Gasteiger partial charge on any atom is 0.0274 e. The zero-order chi connectivity index (χ0) is 10.3. The number of fused-ring (bicyclic) bond motifs is 3. The molecule has 0 atom stereocenters. The molecule has 3 rings (SSSR count). The fraction of sp³-hybridized carbons (Fsp3) is 0.0769. The predicted octanol–water partition coefficient (Wildman–Crippen LogP) is 2.33. The number of hydrogen-bond donors (Lipinski definition) is 0. The van der Waals surface area contributed by atoms with Gasteiger partial charge in [0.1, 0.15) is 0 Å². The minimum absolute atomic E-state index is 0. The minimum atomic E-state index is 0. The van der Waals surface area contributed by atoms with Crippen LogP contribution in [0.4, 0.5) is 0 Å². The van der Waals surface area contributed by atoms with E-state index in [0.717, 1.165) is 28.1 Å². The fourth-order valence-corrected chi connectivity index (χ4v) is 2.01. The summed E-state index contributed by atoms with van der Waals surface area (Å²) in [7, 11) is 1.81. The van der Waals surface area contributed by atoms with Crippen molar-refractivity contribution in [3.05, 3.63) is 53.7 Å². The molecule has 2 nitrogen and oxygen atoms in total. The summed E-state index contributed by atoms with van der Waals surface area (Å²) in [5, 5.41) is 0. The zero-order valence-electron chi connectivity index (χ0n) is 8.67. The number of hydrogen-bond acceptors (Lipinski definition) is 2. The van der Waals surface area contributed by atoms with E-state index in [1.807, 2.05) is 31.4 Å². The Bertz CT molecular complexity index is 514. The molecule has 2 aromatic rings. The van der Waals surface area contributed by atoms with Crippen LogP contribution in [0.25, 0.3) is 11.3 Å². The van der Waals surface area contributed by atoms with Crippen molar-refractivity contribution in [2.24, 2.45) is 4.99 Å². The third kappa shape index (κ3) is 1.45. The summed E-state index contributed by atoms with van der Waals surface area (Å²) in [6, 6.07) is 13.2. The molecule has 82 valence electrons. The second-order valence-electron chi connectivity index (χ2n) is 3.43. The first-order chi connectivity index (χ1) is 7.42. The average molecular weight is 388 g/mol. The van der Waals surface area contributed by atoms with E-state index < -0.39 is 0 Å². The van der Waals surface area contributed by atoms with Gasteiger partial charge in [0.25, 0.3) is 0 Å². The molecule has 1 heterocycles. The normalized spacial score (nSPS) is 14.2. The number of rotatable bonds is 0. The summed E-state index contributed by atoms with van der Waals surface area (Å²) < 4.78 is 0. The van der Waals surface area contributed by atoms with Crippen LogP contribution in [-0.4, -0.2) is 17.7 Å². The third-order valence-corrected chi connectivity index (χ3v) is 2.63. The zero-order valence-corrected chi connectivity index (χ0v) is 10.9. The third-order valence-electron chi connectivity index (χ3n) is 2.63. The second-order valence-corrected chi connectivity index (χ2v) is 3.43. The van der Waals surface area contributed by atoms with Gasteiger partial charge < -0.3 is 4.98 Å². The van der Waals surface area contributed by atoms with Crippen LogP contribution in [0.3, 0.4) is 0 Å². The van der Waals surface area contributed by atoms with Crippen molar-refractivity contribution in [2.45, 2.75) is 0 Å². The molecule has 1 aliphatic carbocycles. The maximum absolute atomic E-state index is 4.39. The molecule has 0 fully saturated rings. The Kier molecular flexibility index (Phi) is 3.02. The smallest absolute Gasteiger partial charge is 0.0274 e. The molecule has 0 radical (unpaired) electrons. The first-order valence-corrected chi connectivity index (χ1v) is 4.85. The Morgan fingerprint density at radius 2 is 2.00 bits per heavy atom. The standard InChI is InChI=1S/C13H9N2.Pt/c1-14-12-9-5-2-3-6-10(9)13-11(12)7-4-8-15-13;/h2-5,7-8H,1H3;/q-1;. The summed E-state index contributed by atoms with van der Waals surface area (Å²) in [6.45, 7) is 0. The van der Waals surface area contributed by atoms with E-state index in [9.17, 15) is 0 Å². The average Bonchev–Trinajstić information content (AvgIpc) is 2.63. The van der Waals surface area contributed by atoms with Crippen LogP contribution in [0.15, 0.2) is 41.5 Å². The summed E-state index contributed by atoms with van der Waals surface area (Å²) in [4.78, 5) is 8.71. The van der Waals surface area contributed by atoms with Gasteiger partial charge in [0.05, 0.1) is 0 Å². The van der Waals surface area contributed by atoms with Crippen LogP contribution in [-0.2, 0) is 21.1 Å². The molecule has 0 amide bonds. The fourth-order valence-electron chi connectivity index (χ4n) is 2.01. The molecule has 0 N–H and O–H groups in total. The van der Waals surface area contributed by atoms with E-state index in [2.05, 4.69) is 28.2 Å². The van der Waals surface area contributed by atoms with Crippen LogP contribution in [0, 0.1) is 6.07 Å². The van der Waals surface area contributed by atoms with Crippen molar-refractivity contribution < 1.29 is 21.1 Å². The Morgan fingerprint density at radius 1 is 1.19 bits per heavy atom. The molecule has 1 aliphatic rings. The van der Waals surface area contributed by atoms with Crippen molar-refractivity contribution in [3.63, 3.8) is 0 Å². The van der Waals surface area contributed by atoms with Gasteiger partial charge in [-0.2, -0.15) is 0 Å². The van der Waals surface area contributed by atoms with Gasteiger partial charge in [-0.05, 0) is 17.3 Å². The van der Waals surface area contributed by atoms with Crippen LogP contribution < -0.4 is 0 Å². The molecule has 0 saturated heterocycles. The van der Waals surface area contributed by atoms with Crippen LogP contribution >= 0.6 is 0 Å². The van der Waals surface area contributed by atoms with Gasteiger partial charge in [-0.25, -0.2) is 0 Å². The van der Waals surface area contributed by atoms with Gasteiger partial charge >= 0.3 is 0 Å². The molecule has 1 aromatic heterocycles. The quantitative estimate of drug-likeness (QED) is 0.543. The molecule has 0 aliphatic heterocycles. The number of aromatic nitrogens is 1. The van der Waals surface area contributed by atoms with Gasteiger partial charge in [-0.15, -0.1) is 29.8 Å². The first-order valence-electron chi connectivity index (χ1n) is 4.85. The molecule has 0 saturated carbocycles. The Labute approximate surface area is 109 Å². The van der Waals surface area contributed by atoms with Crippen molar-refractivity contribution in [2.75, 3.05) is 7.05 Å². The van der Waals surface area contributed by atoms with E-state index in [1.54, 1.807) is 0 Å². The maximum atomic E-state index is 4.39. The van der Waals surface area contributed by atoms with E-state index in [0.29, 0.717) is 0 Å². The van der Waals surface area contributed by atoms with E-state index in [4.69, 9.17) is 0 Å². The molecule has 0 unspecified atom stereocenters. The van der Waals surface area contributed by atoms with Crippen molar-refractivity contribution >= 4 is 5.71 Å². The number of benzene rings is 1. The first kappa shape index (κ1) is 11.2. The molecule has 0 bridgehead atoms. The SMILES string of the molecule is CN=C1c2ccc[c-]c2-c2ncccc21.[Pt]. The molecule has 3 heteroatoms. The summed E-state index contributed by atoms with van der Waals surface area (Å²) in [5.74, 6) is 0. The van der Waals surface area contributed by atoms with E-state index >= 15 is 0 Å². The van der Waals surface area contributed by atoms with Gasteiger partial charge in [-0.3, -0.25) is 4.99 Å². The van der Waals surface area contributed by atoms with Crippen molar-refractivity contribution in [1.82, 2.24) is 4.98 Å². The number of aliphatic imine (C=N–C) groups is 1. The summed E-state index contributed by atoms with van der Waals surface area (Å²) >= 11 is 0. The molecule has 1 aromatic carbocycles. The van der Waals surface area contributed by atoms with Gasteiger partial charge in [0, 0.05) is 40.0 Å². The molecule has 0 spiro atoms. The molecular weight excluding hydrogens is 379 g/mol. The molecule has 16 heavy (non-hydrogen) atoms. The minimum Gasteiger partial charge on any atom is -0.304 e. The van der Waals surface area contributed by atoms with Gasteiger partial charge in [0.2, 0.25) is 0 Å². The second kappa shape index (κ2) is 4.31. The Morgan fingerprint density at radius 3 is 2.81 bits per heavy atom. The van der Waals surface area contributed by atoms with Crippen LogP contribution in [0.1, 0.15) is 11.1 Å². The summed E-state index contributed by atoms with van der Waals surface area (Å²) in [6.07, 6.45) is 1.81. The van der Waals surface area contributed by atoms with Gasteiger partial charge in [0.15, 0.2) is 0 Å². The Balaban J connectivity index is 0.000000963.